The first-order chi connectivity index (χ1) is 11.3. The number of rotatable bonds is 4. The molecule has 0 bridgehead atoms. The summed E-state index contributed by atoms with van der Waals surface area (Å²) in [5.74, 6) is -0.593. The molecule has 0 spiro atoms. The van der Waals surface area contributed by atoms with Crippen LogP contribution in [-0.4, -0.2) is 29.9 Å². The fourth-order valence-corrected chi connectivity index (χ4v) is 4.05. The third-order valence-corrected chi connectivity index (χ3v) is 5.34. The molecule has 0 aliphatic carbocycles. The van der Waals surface area contributed by atoms with Crippen molar-refractivity contribution in [1.82, 2.24) is 9.88 Å². The summed E-state index contributed by atoms with van der Waals surface area (Å²) in [6.45, 7) is 2.71. The maximum absolute atomic E-state index is 13.2. The molecule has 0 aliphatic rings. The second-order valence-corrected chi connectivity index (χ2v) is 8.01. The molecule has 7 heteroatoms. The minimum absolute atomic E-state index is 0.236. The highest BCUT2D eigenvalue weighted by atomic mass is 79.9. The maximum Gasteiger partial charge on any atom is 0.272 e. The van der Waals surface area contributed by atoms with Gasteiger partial charge in [-0.25, -0.2) is 4.39 Å². The third-order valence-electron chi connectivity index (χ3n) is 3.57. The highest BCUT2D eigenvalue weighted by Crippen LogP contribution is 2.32. The molecule has 1 amide bonds. The molecule has 2 heterocycles. The number of halogens is 2. The molecule has 2 aromatic heterocycles. The van der Waals surface area contributed by atoms with Gasteiger partial charge >= 0.3 is 0 Å². The summed E-state index contributed by atoms with van der Waals surface area (Å²) in [6.07, 6.45) is 0. The van der Waals surface area contributed by atoms with E-state index in [1.54, 1.807) is 17.4 Å². The number of hydrogen-bond acceptors (Lipinski definition) is 3. The number of aromatic amines is 1. The molecule has 0 aliphatic heterocycles. The van der Waals surface area contributed by atoms with Crippen molar-refractivity contribution in [1.29, 1.82) is 0 Å². The highest BCUT2D eigenvalue weighted by Gasteiger charge is 2.20. The summed E-state index contributed by atoms with van der Waals surface area (Å²) in [5, 5.41) is 2.84. The number of nitrogens with one attached hydrogen (secondary N) is 2. The van der Waals surface area contributed by atoms with Crippen molar-refractivity contribution in [2.24, 2.45) is 0 Å². The number of fused-ring (bicyclic) bond motifs is 1. The van der Waals surface area contributed by atoms with E-state index in [2.05, 4.69) is 26.2 Å². The van der Waals surface area contributed by atoms with E-state index in [1.807, 2.05) is 32.0 Å². The number of carbonyl (C=O) groups excluding carboxylic acids is 1. The Morgan fingerprint density at radius 3 is 2.79 bits per heavy atom. The Labute approximate surface area is 151 Å². The largest absolute Gasteiger partial charge is 0.350 e. The molecule has 0 saturated heterocycles. The molecule has 24 heavy (non-hydrogen) atoms. The van der Waals surface area contributed by atoms with Gasteiger partial charge in [0, 0.05) is 21.5 Å². The van der Waals surface area contributed by atoms with Crippen LogP contribution in [0, 0.1) is 12.7 Å². The van der Waals surface area contributed by atoms with Crippen LogP contribution >= 0.6 is 27.3 Å². The molecule has 3 aromatic rings. The molecule has 0 atom stereocenters. The molecule has 0 saturated carbocycles. The lowest BCUT2D eigenvalue weighted by Gasteiger charge is -2.12. The van der Waals surface area contributed by atoms with E-state index < -0.39 is 0 Å². The number of H-pyrrole nitrogens is 1. The fraction of sp³-hybridized carbons (Fsp3) is 0.235. The number of amides is 1. The molecule has 0 radical (unpaired) electrons. The van der Waals surface area contributed by atoms with Crippen molar-refractivity contribution in [2.45, 2.75) is 13.5 Å². The number of aromatic nitrogens is 1. The van der Waals surface area contributed by atoms with Gasteiger partial charge in [-0.2, -0.15) is 0 Å². The number of aryl methyl sites for hydroxylation is 1. The summed E-state index contributed by atoms with van der Waals surface area (Å²) >= 11 is 4.95. The van der Waals surface area contributed by atoms with Gasteiger partial charge in [-0.3, -0.25) is 4.79 Å². The molecule has 1 aromatic carbocycles. The normalized spacial score (nSPS) is 11.4. The number of carbonyl (C=O) groups is 1. The summed E-state index contributed by atoms with van der Waals surface area (Å²) in [5.41, 5.74) is 3.02. The fourth-order valence-electron chi connectivity index (χ4n) is 2.59. The molecule has 4 nitrogen and oxygen atoms in total. The van der Waals surface area contributed by atoms with Crippen LogP contribution in [0.5, 0.6) is 0 Å². The van der Waals surface area contributed by atoms with E-state index in [4.69, 9.17) is 0 Å². The lowest BCUT2D eigenvalue weighted by Crippen LogP contribution is -2.18. The predicted molar refractivity (Wildman–Crippen MR) is 100 cm³/mol. The van der Waals surface area contributed by atoms with Crippen LogP contribution < -0.4 is 5.32 Å². The van der Waals surface area contributed by atoms with Crippen molar-refractivity contribution >= 4 is 49.1 Å². The number of anilines is 1. The number of benzene rings is 1. The van der Waals surface area contributed by atoms with E-state index >= 15 is 0 Å². The smallest absolute Gasteiger partial charge is 0.272 e. The predicted octanol–water partition coefficient (Wildman–Crippen LogP) is 4.75. The van der Waals surface area contributed by atoms with Gasteiger partial charge in [-0.05, 0) is 61.2 Å². The van der Waals surface area contributed by atoms with Crippen molar-refractivity contribution in [2.75, 3.05) is 19.4 Å². The Morgan fingerprint density at radius 2 is 2.12 bits per heavy atom. The van der Waals surface area contributed by atoms with Crippen LogP contribution in [0.4, 0.5) is 10.1 Å². The Morgan fingerprint density at radius 1 is 1.38 bits per heavy atom. The summed E-state index contributed by atoms with van der Waals surface area (Å²) in [6, 6.07) is 6.23. The monoisotopic (exact) mass is 409 g/mol. The van der Waals surface area contributed by atoms with Crippen molar-refractivity contribution < 1.29 is 9.18 Å². The highest BCUT2D eigenvalue weighted by molar-refractivity contribution is 9.10. The van der Waals surface area contributed by atoms with E-state index in [1.165, 1.54) is 17.0 Å². The van der Waals surface area contributed by atoms with Crippen molar-refractivity contribution in [3.8, 4) is 0 Å². The van der Waals surface area contributed by atoms with Gasteiger partial charge in [-0.15, -0.1) is 11.3 Å². The van der Waals surface area contributed by atoms with Crippen LogP contribution in [0.1, 0.15) is 20.9 Å². The second-order valence-electron chi connectivity index (χ2n) is 5.89. The maximum atomic E-state index is 13.2. The van der Waals surface area contributed by atoms with Gasteiger partial charge in [0.15, 0.2) is 0 Å². The van der Waals surface area contributed by atoms with E-state index in [-0.39, 0.29) is 11.7 Å². The molecule has 2 N–H and O–H groups in total. The molecule has 126 valence electrons. The first-order valence-electron chi connectivity index (χ1n) is 7.37. The average Bonchev–Trinajstić information content (AvgIpc) is 2.99. The third kappa shape index (κ3) is 3.38. The number of thiophene rings is 1. The number of hydrogen-bond donors (Lipinski definition) is 2. The van der Waals surface area contributed by atoms with Gasteiger partial charge < -0.3 is 15.2 Å². The van der Waals surface area contributed by atoms with Crippen LogP contribution in [0.15, 0.2) is 28.7 Å². The SMILES string of the molecule is Cc1cc2[nH]c(C(=O)Nc3ccc(F)cc3Br)c(CN(C)C)c2s1. The molecule has 0 unspecified atom stereocenters. The lowest BCUT2D eigenvalue weighted by atomic mass is 10.2. The van der Waals surface area contributed by atoms with Crippen molar-refractivity contribution in [3.05, 3.63) is 50.7 Å². The molecule has 0 fully saturated rings. The van der Waals surface area contributed by atoms with Crippen LogP contribution in [-0.2, 0) is 6.54 Å². The second kappa shape index (κ2) is 6.66. The van der Waals surface area contributed by atoms with E-state index in [0.717, 1.165) is 15.8 Å². The van der Waals surface area contributed by atoms with E-state index in [9.17, 15) is 9.18 Å². The van der Waals surface area contributed by atoms with Crippen LogP contribution in [0.2, 0.25) is 0 Å². The first-order valence-corrected chi connectivity index (χ1v) is 8.98. The Kier molecular flexibility index (Phi) is 4.76. The van der Waals surface area contributed by atoms with E-state index in [0.29, 0.717) is 22.4 Å². The zero-order valence-corrected chi connectivity index (χ0v) is 15.9. The van der Waals surface area contributed by atoms with Gasteiger partial charge in [0.25, 0.3) is 5.91 Å². The molecular formula is C17H17BrFN3OS. The average molecular weight is 410 g/mol. The molecular weight excluding hydrogens is 393 g/mol. The number of nitrogens with zero attached hydrogens (tertiary/aromatic N) is 1. The Balaban J connectivity index is 1.98. The summed E-state index contributed by atoms with van der Waals surface area (Å²) < 4.78 is 14.8. The van der Waals surface area contributed by atoms with Crippen molar-refractivity contribution in [3.63, 3.8) is 0 Å². The minimum Gasteiger partial charge on any atom is -0.350 e. The van der Waals surface area contributed by atoms with Gasteiger partial charge in [0.05, 0.1) is 15.9 Å². The zero-order valence-electron chi connectivity index (χ0n) is 13.5. The van der Waals surface area contributed by atoms with Gasteiger partial charge in [0.2, 0.25) is 0 Å². The standard InChI is InChI=1S/C17H17BrFN3OS/c1-9-6-14-16(24-9)11(8-22(2)3)15(20-14)17(23)21-13-5-4-10(19)7-12(13)18/h4-7,20H,8H2,1-3H3,(H,21,23). The van der Waals surface area contributed by atoms with Crippen LogP contribution in [0.25, 0.3) is 10.2 Å². The van der Waals surface area contributed by atoms with Crippen LogP contribution in [0.3, 0.4) is 0 Å². The zero-order chi connectivity index (χ0) is 17.4. The van der Waals surface area contributed by atoms with Gasteiger partial charge in [0.1, 0.15) is 11.5 Å². The topological polar surface area (TPSA) is 48.1 Å². The Bertz CT molecular complexity index is 916. The summed E-state index contributed by atoms with van der Waals surface area (Å²) in [4.78, 5) is 19.2. The summed E-state index contributed by atoms with van der Waals surface area (Å²) in [7, 11) is 3.94. The quantitative estimate of drug-likeness (QED) is 0.652. The Hall–Kier alpha value is -1.70. The first kappa shape index (κ1) is 17.1. The minimum atomic E-state index is -0.357. The van der Waals surface area contributed by atoms with Gasteiger partial charge in [-0.1, -0.05) is 0 Å². The molecule has 3 rings (SSSR count). The lowest BCUT2D eigenvalue weighted by molar-refractivity contribution is 0.102.